The molecule has 0 aliphatic carbocycles. The highest BCUT2D eigenvalue weighted by atomic mass is 35.5. The van der Waals surface area contributed by atoms with Crippen molar-refractivity contribution in [2.45, 2.75) is 32.9 Å². The fourth-order valence-electron chi connectivity index (χ4n) is 2.34. The molecule has 1 aromatic heterocycles. The third kappa shape index (κ3) is 3.37. The molecular weight excluding hydrogens is 316 g/mol. The first-order chi connectivity index (χ1) is 10.8. The molecule has 0 radical (unpaired) electrons. The van der Waals surface area contributed by atoms with Crippen LogP contribution < -0.4 is 11.1 Å². The number of hydrogen-bond acceptors (Lipinski definition) is 3. The average molecular weight is 335 g/mol. The number of primary amides is 1. The Morgan fingerprint density at radius 3 is 2.65 bits per heavy atom. The molecule has 0 bridgehead atoms. The molecule has 0 saturated carbocycles. The van der Waals surface area contributed by atoms with E-state index in [1.807, 2.05) is 6.92 Å². The summed E-state index contributed by atoms with van der Waals surface area (Å²) in [6.07, 6.45) is 0. The van der Waals surface area contributed by atoms with E-state index in [0.717, 1.165) is 5.69 Å². The Labute approximate surface area is 139 Å². The standard InChI is InChI=1S/C16H19ClN4O2/c1-4-21-13(8-10(2)20-21)14(22)19-16(3,15(18)23)11-6-5-7-12(17)9-11/h5-9H,4H2,1-3H3,(H2,18,23)(H,19,22). The van der Waals surface area contributed by atoms with Crippen molar-refractivity contribution in [3.8, 4) is 0 Å². The molecule has 0 spiro atoms. The molecule has 1 atom stereocenters. The summed E-state index contributed by atoms with van der Waals surface area (Å²) in [4.78, 5) is 24.6. The molecule has 1 heterocycles. The minimum atomic E-state index is -1.38. The molecule has 3 N–H and O–H groups in total. The minimum absolute atomic E-state index is 0.375. The summed E-state index contributed by atoms with van der Waals surface area (Å²) < 4.78 is 1.57. The van der Waals surface area contributed by atoms with Gasteiger partial charge in [0.2, 0.25) is 5.91 Å². The molecule has 0 saturated heterocycles. The number of carbonyl (C=O) groups excluding carboxylic acids is 2. The van der Waals surface area contributed by atoms with Crippen LogP contribution in [-0.4, -0.2) is 21.6 Å². The maximum Gasteiger partial charge on any atom is 0.270 e. The molecule has 2 aromatic rings. The van der Waals surface area contributed by atoms with Crippen LogP contribution in [0.2, 0.25) is 5.02 Å². The van der Waals surface area contributed by atoms with Gasteiger partial charge in [-0.2, -0.15) is 5.10 Å². The quantitative estimate of drug-likeness (QED) is 0.876. The van der Waals surface area contributed by atoms with Crippen LogP contribution in [0, 0.1) is 6.92 Å². The third-order valence-electron chi connectivity index (χ3n) is 3.69. The highest BCUT2D eigenvalue weighted by molar-refractivity contribution is 6.30. The van der Waals surface area contributed by atoms with E-state index in [0.29, 0.717) is 22.8 Å². The number of aromatic nitrogens is 2. The molecular formula is C16H19ClN4O2. The van der Waals surface area contributed by atoms with Crippen molar-refractivity contribution in [3.63, 3.8) is 0 Å². The summed E-state index contributed by atoms with van der Waals surface area (Å²) in [5, 5.41) is 7.40. The van der Waals surface area contributed by atoms with Gasteiger partial charge in [0, 0.05) is 11.6 Å². The fourth-order valence-corrected chi connectivity index (χ4v) is 2.53. The number of benzene rings is 1. The van der Waals surface area contributed by atoms with E-state index in [2.05, 4.69) is 10.4 Å². The van der Waals surface area contributed by atoms with Crippen molar-refractivity contribution < 1.29 is 9.59 Å². The van der Waals surface area contributed by atoms with Gasteiger partial charge in [0.05, 0.1) is 5.69 Å². The van der Waals surface area contributed by atoms with Crippen molar-refractivity contribution in [3.05, 3.63) is 52.3 Å². The lowest BCUT2D eigenvalue weighted by molar-refractivity contribution is -0.123. The number of rotatable bonds is 5. The lowest BCUT2D eigenvalue weighted by atomic mass is 9.91. The predicted octanol–water partition coefficient (Wildman–Crippen LogP) is 2.00. The third-order valence-corrected chi connectivity index (χ3v) is 3.93. The van der Waals surface area contributed by atoms with Crippen LogP contribution in [0.1, 0.15) is 35.6 Å². The van der Waals surface area contributed by atoms with Crippen LogP contribution in [-0.2, 0) is 16.9 Å². The maximum absolute atomic E-state index is 12.6. The van der Waals surface area contributed by atoms with Crippen molar-refractivity contribution in [1.29, 1.82) is 0 Å². The summed E-state index contributed by atoms with van der Waals surface area (Å²) in [5.41, 5.74) is 5.78. The molecule has 1 unspecified atom stereocenters. The zero-order valence-corrected chi connectivity index (χ0v) is 14.0. The Hall–Kier alpha value is -2.34. The minimum Gasteiger partial charge on any atom is -0.367 e. The Balaban J connectivity index is 2.39. The lowest BCUT2D eigenvalue weighted by Crippen LogP contribution is -2.53. The van der Waals surface area contributed by atoms with E-state index >= 15 is 0 Å². The van der Waals surface area contributed by atoms with Crippen LogP contribution >= 0.6 is 11.6 Å². The van der Waals surface area contributed by atoms with Crippen molar-refractivity contribution in [2.24, 2.45) is 5.73 Å². The summed E-state index contributed by atoms with van der Waals surface area (Å²) in [6, 6.07) is 8.35. The van der Waals surface area contributed by atoms with E-state index in [-0.39, 0.29) is 0 Å². The Morgan fingerprint density at radius 2 is 2.09 bits per heavy atom. The second-order valence-electron chi connectivity index (χ2n) is 5.44. The lowest BCUT2D eigenvalue weighted by Gasteiger charge is -2.28. The summed E-state index contributed by atoms with van der Waals surface area (Å²) in [5.74, 6) is -1.10. The maximum atomic E-state index is 12.6. The number of halogens is 1. The molecule has 122 valence electrons. The van der Waals surface area contributed by atoms with Gasteiger partial charge in [0.25, 0.3) is 5.91 Å². The monoisotopic (exact) mass is 334 g/mol. The first kappa shape index (κ1) is 17.0. The van der Waals surface area contributed by atoms with Crippen LogP contribution in [0.3, 0.4) is 0 Å². The van der Waals surface area contributed by atoms with Gasteiger partial charge in [-0.25, -0.2) is 0 Å². The van der Waals surface area contributed by atoms with E-state index in [4.69, 9.17) is 17.3 Å². The zero-order chi connectivity index (χ0) is 17.2. The number of nitrogens with one attached hydrogen (secondary N) is 1. The Kier molecular flexibility index (Phi) is 4.75. The van der Waals surface area contributed by atoms with Gasteiger partial charge in [-0.1, -0.05) is 23.7 Å². The molecule has 1 aromatic carbocycles. The van der Waals surface area contributed by atoms with Crippen molar-refractivity contribution in [1.82, 2.24) is 15.1 Å². The molecule has 0 aliphatic rings. The molecule has 23 heavy (non-hydrogen) atoms. The van der Waals surface area contributed by atoms with Gasteiger partial charge in [0.1, 0.15) is 11.2 Å². The van der Waals surface area contributed by atoms with Gasteiger partial charge >= 0.3 is 0 Å². The number of nitrogens with two attached hydrogens (primary N) is 1. The van der Waals surface area contributed by atoms with Crippen LogP contribution in [0.25, 0.3) is 0 Å². The number of aryl methyl sites for hydroxylation is 2. The second-order valence-corrected chi connectivity index (χ2v) is 5.88. The molecule has 0 fully saturated rings. The summed E-state index contributed by atoms with van der Waals surface area (Å²) >= 11 is 5.98. The first-order valence-corrected chi connectivity index (χ1v) is 7.58. The smallest absolute Gasteiger partial charge is 0.270 e. The van der Waals surface area contributed by atoms with Gasteiger partial charge in [-0.05, 0) is 44.5 Å². The SMILES string of the molecule is CCn1nc(C)cc1C(=O)NC(C)(C(N)=O)c1cccc(Cl)c1. The number of nitrogens with zero attached hydrogens (tertiary/aromatic N) is 2. The van der Waals surface area contributed by atoms with E-state index in [1.54, 1.807) is 48.9 Å². The normalized spacial score (nSPS) is 13.4. The largest absolute Gasteiger partial charge is 0.367 e. The highest BCUT2D eigenvalue weighted by Gasteiger charge is 2.36. The van der Waals surface area contributed by atoms with Crippen LogP contribution in [0.5, 0.6) is 0 Å². The van der Waals surface area contributed by atoms with E-state index in [1.165, 1.54) is 0 Å². The molecule has 2 amide bonds. The first-order valence-electron chi connectivity index (χ1n) is 7.21. The average Bonchev–Trinajstić information content (AvgIpc) is 2.88. The fraction of sp³-hybridized carbons (Fsp3) is 0.312. The van der Waals surface area contributed by atoms with Gasteiger partial charge in [-0.3, -0.25) is 14.3 Å². The number of hydrogen-bond donors (Lipinski definition) is 2. The predicted molar refractivity (Wildman–Crippen MR) is 88.1 cm³/mol. The van der Waals surface area contributed by atoms with Crippen molar-refractivity contribution >= 4 is 23.4 Å². The highest BCUT2D eigenvalue weighted by Crippen LogP contribution is 2.24. The van der Waals surface area contributed by atoms with Gasteiger partial charge in [0.15, 0.2) is 0 Å². The number of carbonyl (C=O) groups is 2. The van der Waals surface area contributed by atoms with E-state index in [9.17, 15) is 9.59 Å². The van der Waals surface area contributed by atoms with Gasteiger partial charge in [-0.15, -0.1) is 0 Å². The molecule has 6 nitrogen and oxygen atoms in total. The van der Waals surface area contributed by atoms with Crippen LogP contribution in [0.15, 0.2) is 30.3 Å². The topological polar surface area (TPSA) is 90.0 Å². The Morgan fingerprint density at radius 1 is 1.39 bits per heavy atom. The van der Waals surface area contributed by atoms with Crippen LogP contribution in [0.4, 0.5) is 0 Å². The van der Waals surface area contributed by atoms with Gasteiger partial charge < -0.3 is 11.1 Å². The van der Waals surface area contributed by atoms with E-state index < -0.39 is 17.4 Å². The summed E-state index contributed by atoms with van der Waals surface area (Å²) in [7, 11) is 0. The molecule has 0 aliphatic heterocycles. The van der Waals surface area contributed by atoms with Crippen molar-refractivity contribution in [2.75, 3.05) is 0 Å². The molecule has 7 heteroatoms. The Bertz CT molecular complexity index is 756. The number of amides is 2. The zero-order valence-electron chi connectivity index (χ0n) is 13.3. The molecule has 2 rings (SSSR count). The second kappa shape index (κ2) is 6.42. The summed E-state index contributed by atoms with van der Waals surface area (Å²) in [6.45, 7) is 5.78.